The summed E-state index contributed by atoms with van der Waals surface area (Å²) in [5.41, 5.74) is 10.5. The molecule has 11 heteroatoms. The Morgan fingerprint density at radius 2 is 1.93 bits per heavy atom. The van der Waals surface area contributed by atoms with Crippen LogP contribution in [0.25, 0.3) is 22.2 Å². The lowest BCUT2D eigenvalue weighted by molar-refractivity contribution is -0.127. The van der Waals surface area contributed by atoms with Crippen molar-refractivity contribution in [2.45, 2.75) is 32.4 Å². The van der Waals surface area contributed by atoms with Crippen molar-refractivity contribution in [3.05, 3.63) is 66.8 Å². The molecule has 1 aromatic carbocycles. The molecule has 0 spiro atoms. The summed E-state index contributed by atoms with van der Waals surface area (Å²) in [4.78, 5) is 29.8. The second-order valence-electron chi connectivity index (χ2n) is 11.6. The van der Waals surface area contributed by atoms with E-state index in [1.165, 1.54) is 12.4 Å². The van der Waals surface area contributed by atoms with E-state index >= 15 is 0 Å². The number of likely N-dealkylation sites (tertiary alicyclic amines) is 2. The average molecular weight is 622 g/mol. The SMILES string of the molecule is C=CC(=O)N1CCC(N2CC(C#Cc3c(-c4ccc(Oc5cccc(C)n5)c(OC)c4)c4c(N)ncnc4n3CCOC)C2)CC1. The van der Waals surface area contributed by atoms with Gasteiger partial charge in [0, 0.05) is 69.1 Å². The van der Waals surface area contributed by atoms with Gasteiger partial charge < -0.3 is 29.4 Å². The molecule has 3 aromatic heterocycles. The van der Waals surface area contributed by atoms with Gasteiger partial charge in [-0.3, -0.25) is 9.69 Å². The number of fused-ring (bicyclic) bond motifs is 1. The number of aromatic nitrogens is 4. The molecule has 11 nitrogen and oxygen atoms in total. The van der Waals surface area contributed by atoms with Gasteiger partial charge in [0.2, 0.25) is 11.8 Å². The highest BCUT2D eigenvalue weighted by molar-refractivity contribution is 6.03. The quantitative estimate of drug-likeness (QED) is 0.216. The number of hydrogen-bond acceptors (Lipinski definition) is 9. The van der Waals surface area contributed by atoms with Crippen molar-refractivity contribution < 1.29 is 19.0 Å². The van der Waals surface area contributed by atoms with Crippen molar-refractivity contribution in [2.24, 2.45) is 5.92 Å². The van der Waals surface area contributed by atoms with Gasteiger partial charge >= 0.3 is 0 Å². The number of aryl methyl sites for hydroxylation is 1. The van der Waals surface area contributed by atoms with Gasteiger partial charge in [0.05, 0.1) is 19.1 Å². The fourth-order valence-electron chi connectivity index (χ4n) is 6.25. The van der Waals surface area contributed by atoms with Gasteiger partial charge in [0.1, 0.15) is 23.5 Å². The first-order chi connectivity index (χ1) is 22.4. The highest BCUT2D eigenvalue weighted by Gasteiger charge is 2.34. The van der Waals surface area contributed by atoms with Crippen LogP contribution in [0.5, 0.6) is 17.4 Å². The van der Waals surface area contributed by atoms with Gasteiger partial charge in [-0.2, -0.15) is 0 Å². The molecule has 0 radical (unpaired) electrons. The maximum absolute atomic E-state index is 12.0. The predicted octanol–water partition coefficient (Wildman–Crippen LogP) is 4.29. The number of nitrogen functional groups attached to an aromatic ring is 1. The van der Waals surface area contributed by atoms with Gasteiger partial charge in [-0.15, -0.1) is 0 Å². The van der Waals surface area contributed by atoms with Crippen molar-refractivity contribution in [1.29, 1.82) is 0 Å². The Bertz CT molecular complexity index is 1810. The molecule has 2 aliphatic rings. The summed E-state index contributed by atoms with van der Waals surface area (Å²) in [5.74, 6) is 9.24. The number of carbonyl (C=O) groups excluding carboxylic acids is 1. The third kappa shape index (κ3) is 6.27. The smallest absolute Gasteiger partial charge is 0.245 e. The Kier molecular flexibility index (Phi) is 9.19. The van der Waals surface area contributed by atoms with Gasteiger partial charge in [-0.05, 0) is 55.5 Å². The van der Waals surface area contributed by atoms with Crippen LogP contribution in [0.3, 0.4) is 0 Å². The first-order valence-corrected chi connectivity index (χ1v) is 15.5. The van der Waals surface area contributed by atoms with Crippen molar-refractivity contribution >= 4 is 22.8 Å². The third-order valence-corrected chi connectivity index (χ3v) is 8.69. The molecule has 46 heavy (non-hydrogen) atoms. The lowest BCUT2D eigenvalue weighted by Gasteiger charge is -2.45. The minimum Gasteiger partial charge on any atom is -0.493 e. The number of methoxy groups -OCH3 is 2. The maximum atomic E-state index is 12.0. The molecule has 0 saturated carbocycles. The molecular formula is C35H39N7O4. The zero-order valence-corrected chi connectivity index (χ0v) is 26.5. The number of amides is 1. The Hall–Kier alpha value is -4.92. The second kappa shape index (κ2) is 13.6. The monoisotopic (exact) mass is 621 g/mol. The second-order valence-corrected chi connectivity index (χ2v) is 11.6. The number of ether oxygens (including phenoxy) is 3. The standard InChI is InChI=1S/C35H39N7O4/c1-5-31(43)40-15-13-26(14-16-40)41-20-24(21-41)9-11-27-32(33-34(36)37-22-38-35(33)42(27)17-18-44-3)25-10-12-28(29(19-25)45-4)46-30-8-6-7-23(2)39-30/h5-8,10,12,19,22,24,26H,1,13-18,20-21H2,2-4H3,(H2,36,37,38). The zero-order chi connectivity index (χ0) is 32.2. The first kappa shape index (κ1) is 31.1. The predicted molar refractivity (Wildman–Crippen MR) is 177 cm³/mol. The van der Waals surface area contributed by atoms with E-state index in [0.29, 0.717) is 48.0 Å². The number of nitrogens with zero attached hydrogens (tertiary/aromatic N) is 6. The van der Waals surface area contributed by atoms with Crippen LogP contribution < -0.4 is 15.2 Å². The highest BCUT2D eigenvalue weighted by atomic mass is 16.5. The van der Waals surface area contributed by atoms with E-state index < -0.39 is 0 Å². The number of rotatable bonds is 9. The van der Waals surface area contributed by atoms with Crippen LogP contribution in [0.1, 0.15) is 24.2 Å². The van der Waals surface area contributed by atoms with E-state index in [9.17, 15) is 4.79 Å². The van der Waals surface area contributed by atoms with Crippen LogP contribution in [0.4, 0.5) is 5.82 Å². The normalized spacial score (nSPS) is 15.7. The molecule has 1 amide bonds. The molecule has 0 unspecified atom stereocenters. The minimum atomic E-state index is 0.0128. The van der Waals surface area contributed by atoms with E-state index in [-0.39, 0.29) is 11.8 Å². The Balaban J connectivity index is 1.32. The number of piperidine rings is 1. The summed E-state index contributed by atoms with van der Waals surface area (Å²) in [7, 11) is 3.29. The molecule has 5 heterocycles. The molecule has 2 saturated heterocycles. The molecule has 2 fully saturated rings. The lowest BCUT2D eigenvalue weighted by Crippen LogP contribution is -2.55. The van der Waals surface area contributed by atoms with Crippen molar-refractivity contribution in [3.8, 4) is 40.3 Å². The summed E-state index contributed by atoms with van der Waals surface area (Å²) >= 11 is 0. The number of nitrogens with two attached hydrogens (primary N) is 1. The zero-order valence-electron chi connectivity index (χ0n) is 26.5. The molecule has 4 aromatic rings. The molecule has 6 rings (SSSR count). The summed E-state index contributed by atoms with van der Waals surface area (Å²) in [6, 6.07) is 11.9. The Labute approximate surface area is 269 Å². The summed E-state index contributed by atoms with van der Waals surface area (Å²) in [5, 5.41) is 0.732. The molecule has 0 atom stereocenters. The first-order valence-electron chi connectivity index (χ1n) is 15.5. The minimum absolute atomic E-state index is 0.0128. The molecule has 0 aliphatic carbocycles. The van der Waals surface area contributed by atoms with Crippen molar-refractivity contribution in [1.82, 2.24) is 29.3 Å². The van der Waals surface area contributed by atoms with E-state index in [4.69, 9.17) is 19.9 Å². The maximum Gasteiger partial charge on any atom is 0.245 e. The van der Waals surface area contributed by atoms with Gasteiger partial charge in [0.25, 0.3) is 0 Å². The van der Waals surface area contributed by atoms with Crippen LogP contribution in [-0.4, -0.2) is 88.3 Å². The number of carbonyl (C=O) groups is 1. The van der Waals surface area contributed by atoms with E-state index in [2.05, 4.69) is 42.8 Å². The van der Waals surface area contributed by atoms with E-state index in [1.54, 1.807) is 14.2 Å². The molecular weight excluding hydrogens is 582 g/mol. The van der Waals surface area contributed by atoms with Crippen LogP contribution in [0, 0.1) is 24.7 Å². The third-order valence-electron chi connectivity index (χ3n) is 8.69. The number of anilines is 1. The van der Waals surface area contributed by atoms with Crippen molar-refractivity contribution in [3.63, 3.8) is 0 Å². The fraction of sp³-hybridized carbons (Fsp3) is 0.371. The van der Waals surface area contributed by atoms with Crippen molar-refractivity contribution in [2.75, 3.05) is 52.7 Å². The summed E-state index contributed by atoms with van der Waals surface area (Å²) in [6.45, 7) is 9.88. The molecule has 2 aliphatic heterocycles. The van der Waals surface area contributed by atoms with Gasteiger partial charge in [-0.1, -0.05) is 24.6 Å². The summed E-state index contributed by atoms with van der Waals surface area (Å²) < 4.78 is 19.4. The van der Waals surface area contributed by atoms with Gasteiger partial charge in [-0.25, -0.2) is 15.0 Å². The molecule has 238 valence electrons. The average Bonchev–Trinajstić information content (AvgIpc) is 3.37. The van der Waals surface area contributed by atoms with E-state index in [0.717, 1.165) is 66.9 Å². The Morgan fingerprint density at radius 3 is 2.65 bits per heavy atom. The van der Waals surface area contributed by atoms with Crippen LogP contribution in [-0.2, 0) is 16.1 Å². The lowest BCUT2D eigenvalue weighted by atomic mass is 9.93. The van der Waals surface area contributed by atoms with Crippen LogP contribution in [0.2, 0.25) is 0 Å². The van der Waals surface area contributed by atoms with Crippen LogP contribution in [0.15, 0.2) is 55.4 Å². The van der Waals surface area contributed by atoms with Gasteiger partial charge in [0.15, 0.2) is 11.5 Å². The highest BCUT2D eigenvalue weighted by Crippen LogP contribution is 2.41. The van der Waals surface area contributed by atoms with E-state index in [1.807, 2.05) is 48.2 Å². The topological polar surface area (TPSA) is 121 Å². The molecule has 0 bridgehead atoms. The summed E-state index contributed by atoms with van der Waals surface area (Å²) in [6.07, 6.45) is 4.81. The fourth-order valence-corrected chi connectivity index (χ4v) is 6.25. The number of benzene rings is 1. The number of hydrogen-bond donors (Lipinski definition) is 1. The number of pyridine rings is 1. The Morgan fingerprint density at radius 1 is 1.13 bits per heavy atom. The molecule has 2 N–H and O–H groups in total. The van der Waals surface area contributed by atoms with Crippen LogP contribution >= 0.6 is 0 Å². The largest absolute Gasteiger partial charge is 0.493 e.